The molecule has 0 atom stereocenters. The third-order valence-electron chi connectivity index (χ3n) is 1.60. The van der Waals surface area contributed by atoms with Crippen LogP contribution in [-0.2, 0) is 12.7 Å². The Morgan fingerprint density at radius 3 is 2.38 bits per heavy atom. The van der Waals surface area contributed by atoms with E-state index in [0.29, 0.717) is 5.56 Å². The molecule has 0 radical (unpaired) electrons. The van der Waals surface area contributed by atoms with Gasteiger partial charge in [-0.3, -0.25) is 0 Å². The smallest absolute Gasteiger partial charge is 0.419 e. The van der Waals surface area contributed by atoms with Gasteiger partial charge in [0.05, 0.1) is 5.56 Å². The Morgan fingerprint density at radius 1 is 1.31 bits per heavy atom. The second-order valence-corrected chi connectivity index (χ2v) is 2.55. The molecule has 0 aliphatic rings. The Bertz CT molecular complexity index is 309. The minimum Gasteiger partial charge on any atom is -0.507 e. The van der Waals surface area contributed by atoms with E-state index in [2.05, 4.69) is 0 Å². The van der Waals surface area contributed by atoms with Crippen molar-refractivity contribution in [2.75, 3.05) is 0 Å². The molecule has 2 nitrogen and oxygen atoms in total. The molecule has 1 rings (SSSR count). The van der Waals surface area contributed by atoms with Gasteiger partial charge in [0.25, 0.3) is 0 Å². The van der Waals surface area contributed by atoms with Crippen molar-refractivity contribution in [3.63, 3.8) is 0 Å². The van der Waals surface area contributed by atoms with E-state index in [1.54, 1.807) is 0 Å². The van der Waals surface area contributed by atoms with Gasteiger partial charge < -0.3 is 10.8 Å². The summed E-state index contributed by atoms with van der Waals surface area (Å²) in [6.07, 6.45) is -4.53. The maximum absolute atomic E-state index is 12.2. The predicted molar refractivity (Wildman–Crippen MR) is 41.0 cm³/mol. The van der Waals surface area contributed by atoms with Crippen LogP contribution in [-0.4, -0.2) is 5.11 Å². The number of phenols is 1. The average molecular weight is 191 g/mol. The molecule has 0 aromatic heterocycles. The summed E-state index contributed by atoms with van der Waals surface area (Å²) in [6, 6.07) is 3.19. The lowest BCUT2D eigenvalue weighted by Gasteiger charge is -2.09. The van der Waals surface area contributed by atoms with Crippen LogP contribution >= 0.6 is 0 Å². The lowest BCUT2D eigenvalue weighted by atomic mass is 10.1. The molecule has 0 unspecified atom stereocenters. The minimum absolute atomic E-state index is 0.0172. The summed E-state index contributed by atoms with van der Waals surface area (Å²) < 4.78 is 36.5. The maximum Gasteiger partial charge on any atom is 0.419 e. The summed E-state index contributed by atoms with van der Waals surface area (Å²) in [5, 5.41) is 8.91. The minimum atomic E-state index is -4.53. The molecule has 72 valence electrons. The van der Waals surface area contributed by atoms with Gasteiger partial charge >= 0.3 is 6.18 Å². The highest BCUT2D eigenvalue weighted by Gasteiger charge is 2.33. The molecule has 0 spiro atoms. The number of rotatable bonds is 1. The second-order valence-electron chi connectivity index (χ2n) is 2.55. The van der Waals surface area contributed by atoms with Gasteiger partial charge in [-0.25, -0.2) is 0 Å². The molecule has 0 aliphatic heterocycles. The Hall–Kier alpha value is -1.23. The van der Waals surface area contributed by atoms with Crippen molar-refractivity contribution in [3.05, 3.63) is 29.3 Å². The van der Waals surface area contributed by atoms with Crippen LogP contribution in [0.25, 0.3) is 0 Å². The monoisotopic (exact) mass is 191 g/mol. The highest BCUT2D eigenvalue weighted by atomic mass is 19.4. The molecule has 0 heterocycles. The number of nitrogens with two attached hydrogens (primary N) is 1. The van der Waals surface area contributed by atoms with Gasteiger partial charge in [0.2, 0.25) is 0 Å². The van der Waals surface area contributed by atoms with E-state index in [-0.39, 0.29) is 6.54 Å². The Morgan fingerprint density at radius 2 is 1.92 bits per heavy atom. The molecule has 0 amide bonds. The number of hydrogen-bond acceptors (Lipinski definition) is 2. The van der Waals surface area contributed by atoms with Crippen LogP contribution in [0.4, 0.5) is 13.2 Å². The first-order valence-electron chi connectivity index (χ1n) is 3.54. The molecule has 0 bridgehead atoms. The van der Waals surface area contributed by atoms with E-state index in [0.717, 1.165) is 12.1 Å². The van der Waals surface area contributed by atoms with Crippen molar-refractivity contribution in [2.24, 2.45) is 5.73 Å². The van der Waals surface area contributed by atoms with E-state index in [1.165, 1.54) is 6.07 Å². The van der Waals surface area contributed by atoms with Crippen LogP contribution in [0.5, 0.6) is 5.75 Å². The van der Waals surface area contributed by atoms with Gasteiger partial charge in [0, 0.05) is 6.54 Å². The van der Waals surface area contributed by atoms with Crippen LogP contribution in [0.3, 0.4) is 0 Å². The molecule has 13 heavy (non-hydrogen) atoms. The maximum atomic E-state index is 12.2. The number of phenolic OH excluding ortho intramolecular Hbond substituents is 1. The molecule has 0 aliphatic carbocycles. The van der Waals surface area contributed by atoms with Gasteiger partial charge in [-0.05, 0) is 17.7 Å². The van der Waals surface area contributed by atoms with Gasteiger partial charge in [-0.2, -0.15) is 13.2 Å². The average Bonchev–Trinajstić information content (AvgIpc) is 2.03. The van der Waals surface area contributed by atoms with E-state index >= 15 is 0 Å². The van der Waals surface area contributed by atoms with Crippen molar-refractivity contribution in [1.82, 2.24) is 0 Å². The Labute approximate surface area is 72.8 Å². The molecule has 5 heteroatoms. The summed E-state index contributed by atoms with van der Waals surface area (Å²) in [5.41, 5.74) is 4.46. The van der Waals surface area contributed by atoms with Gasteiger partial charge in [0.15, 0.2) is 0 Å². The highest BCUT2D eigenvalue weighted by Crippen LogP contribution is 2.35. The lowest BCUT2D eigenvalue weighted by Crippen LogP contribution is -2.07. The summed E-state index contributed by atoms with van der Waals surface area (Å²) in [7, 11) is 0. The Balaban J connectivity index is 3.19. The zero-order valence-corrected chi connectivity index (χ0v) is 6.60. The first-order valence-corrected chi connectivity index (χ1v) is 3.54. The quantitative estimate of drug-likeness (QED) is 0.711. The van der Waals surface area contributed by atoms with Crippen LogP contribution in [0.1, 0.15) is 11.1 Å². The Kier molecular flexibility index (Phi) is 2.47. The van der Waals surface area contributed by atoms with Crippen LogP contribution in [0.2, 0.25) is 0 Å². The van der Waals surface area contributed by atoms with Crippen LogP contribution in [0, 0.1) is 0 Å². The number of alkyl halides is 3. The number of halogens is 3. The predicted octanol–water partition coefficient (Wildman–Crippen LogP) is 1.87. The number of hydrogen-bond donors (Lipinski definition) is 2. The molecular weight excluding hydrogens is 183 g/mol. The summed E-state index contributed by atoms with van der Waals surface area (Å²) in [4.78, 5) is 0. The first-order chi connectivity index (χ1) is 5.95. The topological polar surface area (TPSA) is 46.2 Å². The standard InChI is InChI=1S/C8H8F3NO/c9-8(10,11)6-3-5(4-12)1-2-7(6)13/h1-3,13H,4,12H2. The van der Waals surface area contributed by atoms with Gasteiger partial charge in [0.1, 0.15) is 5.75 Å². The molecule has 1 aromatic carbocycles. The molecule has 0 saturated heterocycles. The van der Waals surface area contributed by atoms with E-state index in [9.17, 15) is 13.2 Å². The zero-order chi connectivity index (χ0) is 10.1. The number of benzene rings is 1. The molecule has 0 saturated carbocycles. The van der Waals surface area contributed by atoms with E-state index in [1.807, 2.05) is 0 Å². The third kappa shape index (κ3) is 2.12. The van der Waals surface area contributed by atoms with Crippen LogP contribution < -0.4 is 5.73 Å². The van der Waals surface area contributed by atoms with Crippen molar-refractivity contribution in [1.29, 1.82) is 0 Å². The third-order valence-corrected chi connectivity index (χ3v) is 1.60. The largest absolute Gasteiger partial charge is 0.507 e. The fourth-order valence-corrected chi connectivity index (χ4v) is 0.937. The molecule has 1 aromatic rings. The van der Waals surface area contributed by atoms with Gasteiger partial charge in [-0.1, -0.05) is 6.07 Å². The molecule has 3 N–H and O–H groups in total. The van der Waals surface area contributed by atoms with Crippen molar-refractivity contribution in [3.8, 4) is 5.75 Å². The zero-order valence-electron chi connectivity index (χ0n) is 6.60. The highest BCUT2D eigenvalue weighted by molar-refractivity contribution is 5.38. The summed E-state index contributed by atoms with van der Waals surface area (Å²) in [6.45, 7) is 0.0172. The summed E-state index contributed by atoms with van der Waals surface area (Å²) in [5.74, 6) is -0.773. The van der Waals surface area contributed by atoms with Crippen LogP contribution in [0.15, 0.2) is 18.2 Å². The summed E-state index contributed by atoms with van der Waals surface area (Å²) >= 11 is 0. The van der Waals surface area contributed by atoms with E-state index in [4.69, 9.17) is 10.8 Å². The fraction of sp³-hybridized carbons (Fsp3) is 0.250. The van der Waals surface area contributed by atoms with Crippen molar-refractivity contribution >= 4 is 0 Å². The van der Waals surface area contributed by atoms with Gasteiger partial charge in [-0.15, -0.1) is 0 Å². The van der Waals surface area contributed by atoms with Crippen molar-refractivity contribution < 1.29 is 18.3 Å². The second kappa shape index (κ2) is 3.26. The number of aromatic hydroxyl groups is 1. The first kappa shape index (κ1) is 9.85. The molecule has 0 fully saturated rings. The SMILES string of the molecule is NCc1ccc(O)c(C(F)(F)F)c1. The molecular formula is C8H8F3NO. The normalized spacial score (nSPS) is 11.7. The van der Waals surface area contributed by atoms with Crippen molar-refractivity contribution in [2.45, 2.75) is 12.7 Å². The van der Waals surface area contributed by atoms with E-state index < -0.39 is 17.5 Å². The lowest BCUT2D eigenvalue weighted by molar-refractivity contribution is -0.138. The fourth-order valence-electron chi connectivity index (χ4n) is 0.937.